The van der Waals surface area contributed by atoms with Gasteiger partial charge in [-0.2, -0.15) is 0 Å². The van der Waals surface area contributed by atoms with Crippen LogP contribution >= 0.6 is 15.9 Å². The molecule has 0 spiro atoms. The van der Waals surface area contributed by atoms with Gasteiger partial charge in [0.15, 0.2) is 0 Å². The number of fused-ring (bicyclic) bond motifs is 1. The van der Waals surface area contributed by atoms with E-state index in [1.165, 1.54) is 0 Å². The molecule has 1 amide bonds. The van der Waals surface area contributed by atoms with Crippen molar-refractivity contribution >= 4 is 27.5 Å². The SMILES string of the molecule is O=C(NCc1cn2cc(Br)ccc2n1)C1CCCO1. The Labute approximate surface area is 119 Å². The molecule has 1 saturated heterocycles. The number of hydrogen-bond donors (Lipinski definition) is 1. The van der Waals surface area contributed by atoms with E-state index >= 15 is 0 Å². The topological polar surface area (TPSA) is 55.6 Å². The maximum Gasteiger partial charge on any atom is 0.249 e. The van der Waals surface area contributed by atoms with Gasteiger partial charge in [0.2, 0.25) is 5.91 Å². The van der Waals surface area contributed by atoms with Crippen LogP contribution in [-0.2, 0) is 16.1 Å². The number of rotatable bonds is 3. The first-order valence-corrected chi connectivity index (χ1v) is 7.04. The molecule has 1 fully saturated rings. The van der Waals surface area contributed by atoms with E-state index in [1.54, 1.807) is 0 Å². The molecule has 0 aromatic carbocycles. The Kier molecular flexibility index (Phi) is 3.52. The molecule has 0 bridgehead atoms. The van der Waals surface area contributed by atoms with Crippen molar-refractivity contribution in [1.82, 2.24) is 14.7 Å². The van der Waals surface area contributed by atoms with Crippen LogP contribution in [0.15, 0.2) is 29.0 Å². The maximum atomic E-state index is 11.8. The van der Waals surface area contributed by atoms with Crippen LogP contribution in [0.25, 0.3) is 5.65 Å². The van der Waals surface area contributed by atoms with Crippen molar-refractivity contribution in [3.63, 3.8) is 0 Å². The monoisotopic (exact) mass is 323 g/mol. The molecule has 2 aromatic rings. The number of hydrogen-bond acceptors (Lipinski definition) is 3. The summed E-state index contributed by atoms with van der Waals surface area (Å²) >= 11 is 3.41. The lowest BCUT2D eigenvalue weighted by Crippen LogP contribution is -2.33. The van der Waals surface area contributed by atoms with Gasteiger partial charge in [0.05, 0.1) is 12.2 Å². The molecule has 1 aliphatic heterocycles. The summed E-state index contributed by atoms with van der Waals surface area (Å²) in [6.07, 6.45) is 5.33. The van der Waals surface area contributed by atoms with Crippen LogP contribution in [0.2, 0.25) is 0 Å². The number of imidazole rings is 1. The van der Waals surface area contributed by atoms with Crippen LogP contribution < -0.4 is 5.32 Å². The normalized spacial score (nSPS) is 18.9. The van der Waals surface area contributed by atoms with E-state index in [0.29, 0.717) is 13.2 Å². The molecule has 1 N–H and O–H groups in total. The molecular weight excluding hydrogens is 310 g/mol. The van der Waals surface area contributed by atoms with Crippen LogP contribution in [0.1, 0.15) is 18.5 Å². The minimum atomic E-state index is -0.286. The number of ether oxygens (including phenoxy) is 1. The Bertz CT molecular complexity index is 605. The Balaban J connectivity index is 1.66. The van der Waals surface area contributed by atoms with Gasteiger partial charge in [-0.25, -0.2) is 4.98 Å². The van der Waals surface area contributed by atoms with Crippen molar-refractivity contribution in [3.8, 4) is 0 Å². The minimum Gasteiger partial charge on any atom is -0.368 e. The predicted octanol–water partition coefficient (Wildman–Crippen LogP) is 1.89. The number of nitrogens with zero attached hydrogens (tertiary/aromatic N) is 2. The summed E-state index contributed by atoms with van der Waals surface area (Å²) in [4.78, 5) is 16.2. The summed E-state index contributed by atoms with van der Waals surface area (Å²) in [5.41, 5.74) is 1.70. The molecule has 100 valence electrons. The zero-order valence-electron chi connectivity index (χ0n) is 10.3. The second-order valence-corrected chi connectivity index (χ2v) is 5.48. The fourth-order valence-corrected chi connectivity index (χ4v) is 2.53. The maximum absolute atomic E-state index is 11.8. The fourth-order valence-electron chi connectivity index (χ4n) is 2.18. The van der Waals surface area contributed by atoms with Crippen LogP contribution in [0.5, 0.6) is 0 Å². The molecule has 1 atom stereocenters. The second kappa shape index (κ2) is 5.30. The van der Waals surface area contributed by atoms with Crippen molar-refractivity contribution < 1.29 is 9.53 Å². The Hall–Kier alpha value is -1.40. The average molecular weight is 324 g/mol. The van der Waals surface area contributed by atoms with Gasteiger partial charge in [-0.3, -0.25) is 4.79 Å². The van der Waals surface area contributed by atoms with E-state index in [1.807, 2.05) is 28.9 Å². The Morgan fingerprint density at radius 2 is 2.42 bits per heavy atom. The zero-order chi connectivity index (χ0) is 13.2. The molecule has 0 radical (unpaired) electrons. The van der Waals surface area contributed by atoms with E-state index in [4.69, 9.17) is 4.74 Å². The van der Waals surface area contributed by atoms with E-state index in [9.17, 15) is 4.79 Å². The van der Waals surface area contributed by atoms with Gasteiger partial charge in [-0.15, -0.1) is 0 Å². The van der Waals surface area contributed by atoms with Gasteiger partial charge in [0.1, 0.15) is 11.8 Å². The Morgan fingerprint density at radius 3 is 3.21 bits per heavy atom. The highest BCUT2D eigenvalue weighted by Crippen LogP contribution is 2.14. The molecule has 3 heterocycles. The molecule has 5 nitrogen and oxygen atoms in total. The first kappa shape index (κ1) is 12.6. The van der Waals surface area contributed by atoms with Gasteiger partial charge in [0, 0.05) is 23.5 Å². The molecule has 1 unspecified atom stereocenters. The highest BCUT2D eigenvalue weighted by Gasteiger charge is 2.23. The summed E-state index contributed by atoms with van der Waals surface area (Å²) in [6, 6.07) is 3.87. The second-order valence-electron chi connectivity index (χ2n) is 4.56. The highest BCUT2D eigenvalue weighted by molar-refractivity contribution is 9.10. The van der Waals surface area contributed by atoms with Gasteiger partial charge < -0.3 is 14.5 Å². The van der Waals surface area contributed by atoms with Gasteiger partial charge in [-0.1, -0.05) is 0 Å². The largest absolute Gasteiger partial charge is 0.368 e. The number of carbonyl (C=O) groups is 1. The van der Waals surface area contributed by atoms with Crippen LogP contribution in [-0.4, -0.2) is 28.0 Å². The van der Waals surface area contributed by atoms with Crippen molar-refractivity contribution in [2.24, 2.45) is 0 Å². The first-order chi connectivity index (χ1) is 9.22. The lowest BCUT2D eigenvalue weighted by atomic mass is 10.2. The van der Waals surface area contributed by atoms with Crippen molar-refractivity contribution in [2.75, 3.05) is 6.61 Å². The fraction of sp³-hybridized carbons (Fsp3) is 0.385. The summed E-state index contributed by atoms with van der Waals surface area (Å²) in [5.74, 6) is -0.0456. The summed E-state index contributed by atoms with van der Waals surface area (Å²) < 4.78 is 8.26. The molecule has 19 heavy (non-hydrogen) atoms. The van der Waals surface area contributed by atoms with Crippen molar-refractivity contribution in [3.05, 3.63) is 34.7 Å². The average Bonchev–Trinajstić information content (AvgIpc) is 3.04. The number of carbonyl (C=O) groups excluding carboxylic acids is 1. The summed E-state index contributed by atoms with van der Waals surface area (Å²) in [6.45, 7) is 1.11. The molecule has 6 heteroatoms. The number of pyridine rings is 1. The number of nitrogens with one attached hydrogen (secondary N) is 1. The van der Waals surface area contributed by atoms with Gasteiger partial charge in [0.25, 0.3) is 0 Å². The van der Waals surface area contributed by atoms with Crippen LogP contribution in [0, 0.1) is 0 Å². The lowest BCUT2D eigenvalue weighted by molar-refractivity contribution is -0.130. The third-order valence-electron chi connectivity index (χ3n) is 3.13. The van der Waals surface area contributed by atoms with Gasteiger partial charge >= 0.3 is 0 Å². The predicted molar refractivity (Wildman–Crippen MR) is 73.7 cm³/mol. The van der Waals surface area contributed by atoms with E-state index in [0.717, 1.165) is 28.7 Å². The van der Waals surface area contributed by atoms with E-state index in [2.05, 4.69) is 26.2 Å². The van der Waals surface area contributed by atoms with Crippen LogP contribution in [0.3, 0.4) is 0 Å². The molecule has 2 aromatic heterocycles. The third kappa shape index (κ3) is 2.79. The smallest absolute Gasteiger partial charge is 0.249 e. The van der Waals surface area contributed by atoms with E-state index in [-0.39, 0.29) is 12.0 Å². The van der Waals surface area contributed by atoms with E-state index < -0.39 is 0 Å². The van der Waals surface area contributed by atoms with Crippen LogP contribution in [0.4, 0.5) is 0 Å². The van der Waals surface area contributed by atoms with Gasteiger partial charge in [-0.05, 0) is 40.9 Å². The third-order valence-corrected chi connectivity index (χ3v) is 3.60. The minimum absolute atomic E-state index is 0.0456. The quantitative estimate of drug-likeness (QED) is 0.938. The molecule has 3 rings (SSSR count). The number of halogens is 1. The van der Waals surface area contributed by atoms with Crippen molar-refractivity contribution in [1.29, 1.82) is 0 Å². The standard InChI is InChI=1S/C13H14BrN3O2/c14-9-3-4-12-16-10(8-17(12)7-9)6-15-13(18)11-2-1-5-19-11/h3-4,7-8,11H,1-2,5-6H2,(H,15,18). The molecule has 1 aliphatic rings. The highest BCUT2D eigenvalue weighted by atomic mass is 79.9. The van der Waals surface area contributed by atoms with Crippen molar-refractivity contribution in [2.45, 2.75) is 25.5 Å². The zero-order valence-corrected chi connectivity index (χ0v) is 11.9. The Morgan fingerprint density at radius 1 is 1.53 bits per heavy atom. The first-order valence-electron chi connectivity index (χ1n) is 6.25. The number of amides is 1. The summed E-state index contributed by atoms with van der Waals surface area (Å²) in [5, 5.41) is 2.86. The summed E-state index contributed by atoms with van der Waals surface area (Å²) in [7, 11) is 0. The number of aromatic nitrogens is 2. The molecule has 0 aliphatic carbocycles. The molecular formula is C13H14BrN3O2. The molecule has 0 saturated carbocycles. The lowest BCUT2D eigenvalue weighted by Gasteiger charge is -2.08.